The molecule has 1 aromatic rings. The van der Waals surface area contributed by atoms with Crippen molar-refractivity contribution in [1.29, 1.82) is 0 Å². The van der Waals surface area contributed by atoms with Gasteiger partial charge in [0.05, 0.1) is 6.54 Å². The van der Waals surface area contributed by atoms with E-state index in [1.807, 2.05) is 18.3 Å². The topological polar surface area (TPSA) is 24.1 Å². The van der Waals surface area contributed by atoms with Gasteiger partial charge in [-0.2, -0.15) is 0 Å². The van der Waals surface area contributed by atoms with Crippen LogP contribution in [0.5, 0.6) is 0 Å². The van der Waals surface area contributed by atoms with Crippen LogP contribution in [0.2, 0.25) is 0 Å². The number of hydrogen-bond acceptors (Lipinski definition) is 2. The highest BCUT2D eigenvalue weighted by Gasteiger charge is 2.01. The van der Waals surface area contributed by atoms with Crippen LogP contribution in [0.3, 0.4) is 0 Å². The maximum atomic E-state index is 5.07. The molecule has 0 amide bonds. The molecule has 1 aromatic heterocycles. The van der Waals surface area contributed by atoms with E-state index in [1.54, 1.807) is 0 Å². The van der Waals surface area contributed by atoms with Gasteiger partial charge in [0, 0.05) is 16.3 Å². The van der Waals surface area contributed by atoms with E-state index in [0.717, 1.165) is 18.2 Å². The van der Waals surface area contributed by atoms with Gasteiger partial charge in [-0.05, 0) is 44.6 Å². The average molecular weight is 228 g/mol. The lowest BCUT2D eigenvalue weighted by atomic mass is 10.3. The summed E-state index contributed by atoms with van der Waals surface area (Å²) in [5.41, 5.74) is 1.36. The highest BCUT2D eigenvalue weighted by Crippen LogP contribution is 2.19. The summed E-state index contributed by atoms with van der Waals surface area (Å²) in [5, 5.41) is 6.97. The third-order valence-electron chi connectivity index (χ3n) is 1.98. The highest BCUT2D eigenvalue weighted by molar-refractivity contribution is 7.80. The van der Waals surface area contributed by atoms with Crippen LogP contribution in [0.1, 0.15) is 22.2 Å². The third-order valence-corrected chi connectivity index (χ3v) is 3.42. The van der Waals surface area contributed by atoms with E-state index in [-0.39, 0.29) is 0 Å². The molecular weight excluding hydrogens is 212 g/mol. The number of hydrogen-bond donors (Lipinski definition) is 2. The first-order valence-corrected chi connectivity index (χ1v) is 5.93. The summed E-state index contributed by atoms with van der Waals surface area (Å²) in [4.78, 5) is 2.72. The first kappa shape index (κ1) is 11.5. The van der Waals surface area contributed by atoms with Gasteiger partial charge in [-0.25, -0.2) is 0 Å². The monoisotopic (exact) mass is 228 g/mol. The largest absolute Gasteiger partial charge is 0.363 e. The Morgan fingerprint density at radius 3 is 2.64 bits per heavy atom. The van der Waals surface area contributed by atoms with Gasteiger partial charge in [-0.3, -0.25) is 0 Å². The lowest BCUT2D eigenvalue weighted by Crippen LogP contribution is -2.34. The summed E-state index contributed by atoms with van der Waals surface area (Å²) in [7, 11) is 0. The lowest BCUT2D eigenvalue weighted by molar-refractivity contribution is 0.864. The van der Waals surface area contributed by atoms with Gasteiger partial charge < -0.3 is 10.6 Å². The molecule has 0 radical (unpaired) electrons. The minimum atomic E-state index is 0.733. The fourth-order valence-electron chi connectivity index (χ4n) is 1.13. The van der Waals surface area contributed by atoms with Crippen LogP contribution in [-0.4, -0.2) is 11.7 Å². The van der Waals surface area contributed by atoms with E-state index in [1.165, 1.54) is 15.3 Å². The molecule has 0 aromatic carbocycles. The van der Waals surface area contributed by atoms with Gasteiger partial charge in [-0.1, -0.05) is 0 Å². The van der Waals surface area contributed by atoms with E-state index in [9.17, 15) is 0 Å². The van der Waals surface area contributed by atoms with E-state index < -0.39 is 0 Å². The van der Waals surface area contributed by atoms with Crippen LogP contribution in [0, 0.1) is 13.8 Å². The van der Waals surface area contributed by atoms with Crippen molar-refractivity contribution < 1.29 is 0 Å². The summed E-state index contributed by atoms with van der Waals surface area (Å²) in [5.74, 6) is 0. The first-order chi connectivity index (χ1) is 6.63. The third kappa shape index (κ3) is 3.27. The van der Waals surface area contributed by atoms with Crippen molar-refractivity contribution in [2.24, 2.45) is 0 Å². The molecule has 1 heterocycles. The van der Waals surface area contributed by atoms with E-state index >= 15 is 0 Å². The second-order valence-electron chi connectivity index (χ2n) is 3.16. The highest BCUT2D eigenvalue weighted by atomic mass is 32.1. The Labute approximate surface area is 94.7 Å². The van der Waals surface area contributed by atoms with Crippen LogP contribution in [0.25, 0.3) is 0 Å². The lowest BCUT2D eigenvalue weighted by Gasteiger charge is -2.06. The minimum Gasteiger partial charge on any atom is -0.363 e. The van der Waals surface area contributed by atoms with E-state index in [0.29, 0.717) is 0 Å². The van der Waals surface area contributed by atoms with Crippen molar-refractivity contribution >= 4 is 28.7 Å². The molecule has 0 saturated heterocycles. The minimum absolute atomic E-state index is 0.733. The average Bonchev–Trinajstić information content (AvgIpc) is 2.44. The first-order valence-electron chi connectivity index (χ1n) is 4.71. The predicted octanol–water partition coefficient (Wildman–Crippen LogP) is 2.35. The molecule has 1 rings (SSSR count). The Kier molecular flexibility index (Phi) is 4.35. The number of rotatable bonds is 3. The molecule has 0 fully saturated rings. The Morgan fingerprint density at radius 1 is 1.43 bits per heavy atom. The fourth-order valence-corrected chi connectivity index (χ4v) is 2.34. The molecule has 0 atom stereocenters. The maximum Gasteiger partial charge on any atom is 0.166 e. The molecule has 0 aliphatic heterocycles. The zero-order chi connectivity index (χ0) is 10.6. The maximum absolute atomic E-state index is 5.07. The van der Waals surface area contributed by atoms with Gasteiger partial charge in [0.1, 0.15) is 0 Å². The molecular formula is C10H16N2S2. The van der Waals surface area contributed by atoms with Crippen molar-refractivity contribution in [2.45, 2.75) is 27.3 Å². The van der Waals surface area contributed by atoms with Gasteiger partial charge in [0.25, 0.3) is 0 Å². The van der Waals surface area contributed by atoms with Crippen molar-refractivity contribution in [3.05, 3.63) is 21.4 Å². The summed E-state index contributed by atoms with van der Waals surface area (Å²) in [6.45, 7) is 8.01. The number of nitrogens with one attached hydrogen (secondary N) is 2. The molecule has 0 bridgehead atoms. The van der Waals surface area contributed by atoms with Gasteiger partial charge >= 0.3 is 0 Å². The summed E-state index contributed by atoms with van der Waals surface area (Å²) in [6.07, 6.45) is 0. The van der Waals surface area contributed by atoms with Crippen LogP contribution in [0.15, 0.2) is 6.07 Å². The molecule has 2 N–H and O–H groups in total. The summed E-state index contributed by atoms with van der Waals surface area (Å²) < 4.78 is 0. The quantitative estimate of drug-likeness (QED) is 0.777. The van der Waals surface area contributed by atoms with Crippen molar-refractivity contribution in [3.8, 4) is 0 Å². The van der Waals surface area contributed by atoms with Crippen molar-refractivity contribution in [3.63, 3.8) is 0 Å². The molecule has 4 heteroatoms. The van der Waals surface area contributed by atoms with Gasteiger partial charge in [-0.15, -0.1) is 11.3 Å². The van der Waals surface area contributed by atoms with Crippen molar-refractivity contribution in [1.82, 2.24) is 10.6 Å². The molecule has 2 nitrogen and oxygen atoms in total. The second-order valence-corrected chi connectivity index (χ2v) is 4.91. The Balaban J connectivity index is 2.42. The van der Waals surface area contributed by atoms with E-state index in [2.05, 4.69) is 30.5 Å². The SMILES string of the molecule is CCNC(=S)NCc1cc(C)c(C)s1. The normalized spacial score (nSPS) is 9.93. The van der Waals surface area contributed by atoms with Crippen molar-refractivity contribution in [2.75, 3.05) is 6.54 Å². The molecule has 0 saturated carbocycles. The summed E-state index contributed by atoms with van der Waals surface area (Å²) >= 11 is 6.90. The standard InChI is InChI=1S/C10H16N2S2/c1-4-11-10(13)12-6-9-5-7(2)8(3)14-9/h5H,4,6H2,1-3H3,(H2,11,12,13). The molecule has 14 heavy (non-hydrogen) atoms. The molecule has 0 aliphatic carbocycles. The van der Waals surface area contributed by atoms with Crippen LogP contribution in [0.4, 0.5) is 0 Å². The Bertz CT molecular complexity index is 298. The van der Waals surface area contributed by atoms with Crippen LogP contribution >= 0.6 is 23.6 Å². The Hall–Kier alpha value is -0.610. The molecule has 78 valence electrons. The smallest absolute Gasteiger partial charge is 0.166 e. The van der Waals surface area contributed by atoms with Crippen LogP contribution in [-0.2, 0) is 6.54 Å². The second kappa shape index (κ2) is 5.32. The number of thiocarbonyl (C=S) groups is 1. The number of thiophene rings is 1. The van der Waals surface area contributed by atoms with E-state index in [4.69, 9.17) is 12.2 Å². The van der Waals surface area contributed by atoms with Gasteiger partial charge in [0.15, 0.2) is 5.11 Å². The fraction of sp³-hybridized carbons (Fsp3) is 0.500. The summed E-state index contributed by atoms with van der Waals surface area (Å²) in [6, 6.07) is 2.21. The number of aryl methyl sites for hydroxylation is 2. The molecule has 0 spiro atoms. The Morgan fingerprint density at radius 2 is 2.14 bits per heavy atom. The molecule has 0 aliphatic rings. The molecule has 0 unspecified atom stereocenters. The van der Waals surface area contributed by atoms with Gasteiger partial charge in [0.2, 0.25) is 0 Å². The zero-order valence-corrected chi connectivity index (χ0v) is 10.4. The zero-order valence-electron chi connectivity index (χ0n) is 8.81. The predicted molar refractivity (Wildman–Crippen MR) is 66.9 cm³/mol. The van der Waals surface area contributed by atoms with Crippen LogP contribution < -0.4 is 10.6 Å².